The Hall–Kier alpha value is -1.63. The molecule has 0 amide bonds. The molecule has 0 unspecified atom stereocenters. The Morgan fingerprint density at radius 2 is 2.00 bits per heavy atom. The number of hydrogen-bond acceptors (Lipinski definition) is 5. The standard InChI is InChI=1S/C11H15BrN6/c1-7-9(12)10(17-16-7)13-4-8-5-14-11(15-6-8)18(2)3/h5-6H,4H2,1-3H3,(H2,13,16,17). The van der Waals surface area contributed by atoms with E-state index in [1.54, 1.807) is 0 Å². The minimum Gasteiger partial charge on any atom is -0.363 e. The highest BCUT2D eigenvalue weighted by Gasteiger charge is 2.06. The first-order valence-corrected chi connectivity index (χ1v) is 6.30. The van der Waals surface area contributed by atoms with Gasteiger partial charge in [0.15, 0.2) is 5.82 Å². The van der Waals surface area contributed by atoms with Crippen LogP contribution in [0.1, 0.15) is 11.3 Å². The van der Waals surface area contributed by atoms with Gasteiger partial charge in [-0.2, -0.15) is 5.10 Å². The summed E-state index contributed by atoms with van der Waals surface area (Å²) in [5.41, 5.74) is 2.00. The topological polar surface area (TPSA) is 69.7 Å². The molecule has 7 heteroatoms. The van der Waals surface area contributed by atoms with E-state index in [9.17, 15) is 0 Å². The van der Waals surface area contributed by atoms with E-state index >= 15 is 0 Å². The molecule has 2 N–H and O–H groups in total. The Balaban J connectivity index is 2.00. The Morgan fingerprint density at radius 1 is 1.33 bits per heavy atom. The molecule has 0 radical (unpaired) electrons. The summed E-state index contributed by atoms with van der Waals surface area (Å²) in [6.45, 7) is 2.59. The van der Waals surface area contributed by atoms with E-state index < -0.39 is 0 Å². The number of aromatic amines is 1. The van der Waals surface area contributed by atoms with Crippen molar-refractivity contribution >= 4 is 27.7 Å². The molecule has 0 saturated heterocycles. The third-order valence-corrected chi connectivity index (χ3v) is 3.39. The average molecular weight is 311 g/mol. The van der Waals surface area contributed by atoms with Crippen LogP contribution in [0.5, 0.6) is 0 Å². The predicted octanol–water partition coefficient (Wildman–Crippen LogP) is 1.95. The Morgan fingerprint density at radius 3 is 2.50 bits per heavy atom. The van der Waals surface area contributed by atoms with Crippen LogP contribution in [0.4, 0.5) is 11.8 Å². The Bertz CT molecular complexity index is 519. The summed E-state index contributed by atoms with van der Waals surface area (Å²) < 4.78 is 0.952. The maximum Gasteiger partial charge on any atom is 0.224 e. The number of aromatic nitrogens is 4. The van der Waals surface area contributed by atoms with Crippen LogP contribution in [0.2, 0.25) is 0 Å². The van der Waals surface area contributed by atoms with Gasteiger partial charge in [0.2, 0.25) is 5.95 Å². The van der Waals surface area contributed by atoms with Crippen molar-refractivity contribution in [3.8, 4) is 0 Å². The summed E-state index contributed by atoms with van der Waals surface area (Å²) in [5.74, 6) is 1.50. The molecule has 6 nitrogen and oxygen atoms in total. The van der Waals surface area contributed by atoms with Crippen LogP contribution >= 0.6 is 15.9 Å². The van der Waals surface area contributed by atoms with Gasteiger partial charge in [0.25, 0.3) is 0 Å². The van der Waals surface area contributed by atoms with Gasteiger partial charge >= 0.3 is 0 Å². The first kappa shape index (κ1) is 12.8. The fraction of sp³-hybridized carbons (Fsp3) is 0.364. The second-order valence-electron chi connectivity index (χ2n) is 4.15. The van der Waals surface area contributed by atoms with Gasteiger partial charge in [0, 0.05) is 44.3 Å². The van der Waals surface area contributed by atoms with Gasteiger partial charge in [0.05, 0.1) is 4.47 Å². The molecule has 0 aliphatic carbocycles. The Labute approximate surface area is 114 Å². The van der Waals surface area contributed by atoms with Crippen molar-refractivity contribution in [2.75, 3.05) is 24.3 Å². The van der Waals surface area contributed by atoms with Gasteiger partial charge in [-0.15, -0.1) is 0 Å². The van der Waals surface area contributed by atoms with Crippen LogP contribution in [0.25, 0.3) is 0 Å². The quantitative estimate of drug-likeness (QED) is 0.903. The van der Waals surface area contributed by atoms with Crippen molar-refractivity contribution in [1.29, 1.82) is 0 Å². The summed E-state index contributed by atoms with van der Waals surface area (Å²) in [5, 5.41) is 10.3. The zero-order valence-electron chi connectivity index (χ0n) is 10.5. The van der Waals surface area contributed by atoms with Crippen molar-refractivity contribution in [1.82, 2.24) is 20.2 Å². The molecule has 2 heterocycles. The molecule has 2 aromatic heterocycles. The van der Waals surface area contributed by atoms with E-state index in [1.165, 1.54) is 0 Å². The van der Waals surface area contributed by atoms with Gasteiger partial charge in [-0.3, -0.25) is 5.10 Å². The van der Waals surface area contributed by atoms with E-state index in [2.05, 4.69) is 41.4 Å². The number of nitrogens with zero attached hydrogens (tertiary/aromatic N) is 4. The molecular weight excluding hydrogens is 296 g/mol. The molecule has 2 aromatic rings. The normalized spacial score (nSPS) is 10.4. The molecule has 0 aliphatic rings. The average Bonchev–Trinajstić information content (AvgIpc) is 2.68. The maximum absolute atomic E-state index is 4.25. The van der Waals surface area contributed by atoms with Crippen LogP contribution in [0.3, 0.4) is 0 Å². The van der Waals surface area contributed by atoms with Crippen molar-refractivity contribution in [3.63, 3.8) is 0 Å². The lowest BCUT2D eigenvalue weighted by Crippen LogP contribution is -2.13. The van der Waals surface area contributed by atoms with Crippen molar-refractivity contribution in [3.05, 3.63) is 28.1 Å². The number of H-pyrrole nitrogens is 1. The van der Waals surface area contributed by atoms with E-state index in [1.807, 2.05) is 38.3 Å². The lowest BCUT2D eigenvalue weighted by Gasteiger charge is -2.10. The third-order valence-electron chi connectivity index (χ3n) is 2.42. The number of halogens is 1. The summed E-state index contributed by atoms with van der Waals surface area (Å²) >= 11 is 3.46. The van der Waals surface area contributed by atoms with Gasteiger partial charge in [0.1, 0.15) is 0 Å². The zero-order valence-corrected chi connectivity index (χ0v) is 12.1. The molecule has 2 rings (SSSR count). The van der Waals surface area contributed by atoms with Crippen molar-refractivity contribution < 1.29 is 0 Å². The second kappa shape index (κ2) is 5.34. The number of hydrogen-bond donors (Lipinski definition) is 2. The van der Waals surface area contributed by atoms with Crippen LogP contribution in [-0.2, 0) is 6.54 Å². The molecule has 0 spiro atoms. The molecule has 0 atom stereocenters. The van der Waals surface area contributed by atoms with E-state index in [0.29, 0.717) is 12.5 Å². The smallest absolute Gasteiger partial charge is 0.224 e. The van der Waals surface area contributed by atoms with Gasteiger partial charge in [-0.25, -0.2) is 9.97 Å². The van der Waals surface area contributed by atoms with Crippen LogP contribution in [-0.4, -0.2) is 34.3 Å². The first-order chi connectivity index (χ1) is 8.58. The molecule has 18 heavy (non-hydrogen) atoms. The summed E-state index contributed by atoms with van der Waals surface area (Å²) in [7, 11) is 3.83. The van der Waals surface area contributed by atoms with Gasteiger partial charge < -0.3 is 10.2 Å². The van der Waals surface area contributed by atoms with Crippen molar-refractivity contribution in [2.45, 2.75) is 13.5 Å². The highest BCUT2D eigenvalue weighted by Crippen LogP contribution is 2.23. The maximum atomic E-state index is 4.25. The van der Waals surface area contributed by atoms with Gasteiger partial charge in [-0.05, 0) is 22.9 Å². The fourth-order valence-corrected chi connectivity index (χ4v) is 1.71. The Kier molecular flexibility index (Phi) is 3.81. The number of aryl methyl sites for hydroxylation is 1. The zero-order chi connectivity index (χ0) is 13.1. The van der Waals surface area contributed by atoms with Crippen LogP contribution < -0.4 is 10.2 Å². The lowest BCUT2D eigenvalue weighted by atomic mass is 10.3. The third kappa shape index (κ3) is 2.79. The van der Waals surface area contributed by atoms with E-state index in [4.69, 9.17) is 0 Å². The SMILES string of the molecule is Cc1[nH]nc(NCc2cnc(N(C)C)nc2)c1Br. The monoisotopic (exact) mass is 310 g/mol. The highest BCUT2D eigenvalue weighted by molar-refractivity contribution is 9.10. The summed E-state index contributed by atoms with van der Waals surface area (Å²) in [4.78, 5) is 10.4. The fourth-order valence-electron chi connectivity index (χ4n) is 1.39. The summed E-state index contributed by atoms with van der Waals surface area (Å²) in [6.07, 6.45) is 3.62. The highest BCUT2D eigenvalue weighted by atomic mass is 79.9. The minimum absolute atomic E-state index is 0.636. The van der Waals surface area contributed by atoms with Crippen LogP contribution in [0.15, 0.2) is 16.9 Å². The predicted molar refractivity (Wildman–Crippen MR) is 74.7 cm³/mol. The van der Waals surface area contributed by atoms with Crippen LogP contribution in [0, 0.1) is 6.92 Å². The minimum atomic E-state index is 0.636. The molecule has 0 fully saturated rings. The van der Waals surface area contributed by atoms with E-state index in [0.717, 1.165) is 21.5 Å². The molecule has 0 bridgehead atoms. The van der Waals surface area contributed by atoms with E-state index in [-0.39, 0.29) is 0 Å². The molecular formula is C11H15BrN6. The molecule has 0 aliphatic heterocycles. The number of rotatable bonds is 4. The summed E-state index contributed by atoms with van der Waals surface area (Å²) in [6, 6.07) is 0. The number of anilines is 2. The first-order valence-electron chi connectivity index (χ1n) is 5.50. The largest absolute Gasteiger partial charge is 0.363 e. The molecule has 96 valence electrons. The molecule has 0 aromatic carbocycles. The van der Waals surface area contributed by atoms with Crippen molar-refractivity contribution in [2.24, 2.45) is 0 Å². The molecule has 0 saturated carbocycles. The lowest BCUT2D eigenvalue weighted by molar-refractivity contribution is 0.964. The number of nitrogens with one attached hydrogen (secondary N) is 2. The second-order valence-corrected chi connectivity index (χ2v) is 4.94. The van der Waals surface area contributed by atoms with Gasteiger partial charge in [-0.1, -0.05) is 0 Å².